The molecule has 0 radical (unpaired) electrons. The first-order chi connectivity index (χ1) is 9.51. The van der Waals surface area contributed by atoms with E-state index in [1.807, 2.05) is 0 Å². The molecule has 7 heteroatoms. The van der Waals surface area contributed by atoms with Crippen LogP contribution in [0.2, 0.25) is 0 Å². The van der Waals surface area contributed by atoms with Gasteiger partial charge in [0.25, 0.3) is 6.20 Å². The van der Waals surface area contributed by atoms with Crippen LogP contribution >= 0.6 is 0 Å². The lowest BCUT2D eigenvalue weighted by molar-refractivity contribution is -0.403. The highest BCUT2D eigenvalue weighted by Gasteiger charge is 2.00. The molecule has 0 bridgehead atoms. The molecule has 1 aromatic rings. The Kier molecular flexibility index (Phi) is 5.76. The van der Waals surface area contributed by atoms with Gasteiger partial charge in [0.1, 0.15) is 0 Å². The minimum absolute atomic E-state index is 0.0323. The highest BCUT2D eigenvalue weighted by molar-refractivity contribution is 5.70. The zero-order valence-corrected chi connectivity index (χ0v) is 10.9. The van der Waals surface area contributed by atoms with Gasteiger partial charge < -0.3 is 15.7 Å². The Hall–Kier alpha value is -2.83. The molecule has 0 aliphatic carbocycles. The Morgan fingerprint density at radius 1 is 1.40 bits per heavy atom. The number of carboxylic acids is 1. The zero-order valence-electron chi connectivity index (χ0n) is 10.9. The maximum atomic E-state index is 10.4. The minimum Gasteiger partial charge on any atom is -0.481 e. The molecule has 0 atom stereocenters. The number of benzene rings is 1. The van der Waals surface area contributed by atoms with E-state index in [9.17, 15) is 14.9 Å². The van der Waals surface area contributed by atoms with E-state index in [0.717, 1.165) is 11.8 Å². The molecule has 3 N–H and O–H groups in total. The minimum atomic E-state index is -0.886. The second-order valence-electron chi connectivity index (χ2n) is 3.83. The van der Waals surface area contributed by atoms with Crippen LogP contribution in [0.5, 0.6) is 0 Å². The van der Waals surface area contributed by atoms with Crippen molar-refractivity contribution >= 4 is 17.7 Å². The van der Waals surface area contributed by atoms with Crippen LogP contribution in [-0.2, 0) is 4.79 Å². The lowest BCUT2D eigenvalue weighted by atomic mass is 10.2. The molecule has 0 saturated carbocycles. The summed E-state index contributed by atoms with van der Waals surface area (Å²) in [4.78, 5) is 20.2. The van der Waals surface area contributed by atoms with Gasteiger partial charge >= 0.3 is 5.97 Å². The third-order valence-corrected chi connectivity index (χ3v) is 2.30. The van der Waals surface area contributed by atoms with Crippen molar-refractivity contribution in [3.8, 4) is 0 Å². The summed E-state index contributed by atoms with van der Waals surface area (Å²) in [5.41, 5.74) is 1.53. The summed E-state index contributed by atoms with van der Waals surface area (Å²) in [6.45, 7) is 0. The van der Waals surface area contributed by atoms with E-state index in [1.54, 1.807) is 43.5 Å². The lowest BCUT2D eigenvalue weighted by Gasteiger charge is -2.07. The van der Waals surface area contributed by atoms with E-state index in [-0.39, 0.29) is 12.2 Å². The first-order valence-electron chi connectivity index (χ1n) is 5.79. The quantitative estimate of drug-likeness (QED) is 0.519. The van der Waals surface area contributed by atoms with Gasteiger partial charge in [-0.1, -0.05) is 24.3 Å². The van der Waals surface area contributed by atoms with Gasteiger partial charge in [0, 0.05) is 12.7 Å². The number of carboxylic acid groups (broad SMARTS) is 1. The molecule has 0 aliphatic rings. The molecule has 0 heterocycles. The fraction of sp³-hybridized carbons (Fsp3) is 0.154. The number of carbonyl (C=O) groups is 1. The summed E-state index contributed by atoms with van der Waals surface area (Å²) in [6.07, 6.45) is 4.05. The predicted octanol–water partition coefficient (Wildman–Crippen LogP) is 1.88. The Labute approximate surface area is 115 Å². The fourth-order valence-corrected chi connectivity index (χ4v) is 1.39. The smallest absolute Gasteiger partial charge is 0.307 e. The standard InChI is InChI=1S/C13H15N3O4/c1-14-12(9-16(19)20)15-11-7-5-10(6-8-11)3-2-4-13(17)18/h2-3,5-9,14-15H,4H2,1H3,(H,17,18)/b3-2+,12-9?. The third kappa shape index (κ3) is 5.67. The number of nitrogens with one attached hydrogen (secondary N) is 2. The Balaban J connectivity index is 2.69. The number of rotatable bonds is 7. The fourth-order valence-electron chi connectivity index (χ4n) is 1.39. The number of hydrogen-bond acceptors (Lipinski definition) is 5. The molecule has 20 heavy (non-hydrogen) atoms. The molecule has 0 unspecified atom stereocenters. The Bertz CT molecular complexity index is 535. The summed E-state index contributed by atoms with van der Waals surface area (Å²) in [6, 6.07) is 7.04. The molecular weight excluding hydrogens is 262 g/mol. The molecule has 106 valence electrons. The largest absolute Gasteiger partial charge is 0.481 e. The molecule has 1 aromatic carbocycles. The summed E-state index contributed by atoms with van der Waals surface area (Å²) in [5, 5.41) is 24.4. The number of hydrogen-bond donors (Lipinski definition) is 3. The van der Waals surface area contributed by atoms with Gasteiger partial charge in [-0.2, -0.15) is 0 Å². The van der Waals surface area contributed by atoms with Crippen molar-refractivity contribution < 1.29 is 14.8 Å². The van der Waals surface area contributed by atoms with Gasteiger partial charge in [-0.05, 0) is 17.7 Å². The van der Waals surface area contributed by atoms with Crippen LogP contribution in [0.15, 0.2) is 42.4 Å². The van der Waals surface area contributed by atoms with E-state index >= 15 is 0 Å². The maximum Gasteiger partial charge on any atom is 0.307 e. The van der Waals surface area contributed by atoms with Gasteiger partial charge in [-0.15, -0.1) is 0 Å². The third-order valence-electron chi connectivity index (χ3n) is 2.30. The van der Waals surface area contributed by atoms with E-state index < -0.39 is 10.9 Å². The number of anilines is 1. The average Bonchev–Trinajstić information content (AvgIpc) is 2.39. The lowest BCUT2D eigenvalue weighted by Crippen LogP contribution is -2.16. The number of nitro groups is 1. The van der Waals surface area contributed by atoms with E-state index in [2.05, 4.69) is 10.6 Å². The molecule has 7 nitrogen and oxygen atoms in total. The maximum absolute atomic E-state index is 10.4. The topological polar surface area (TPSA) is 105 Å². The van der Waals surface area contributed by atoms with Crippen LogP contribution in [0.25, 0.3) is 6.08 Å². The highest BCUT2D eigenvalue weighted by Crippen LogP contribution is 2.12. The molecule has 0 fully saturated rings. The van der Waals surface area contributed by atoms with Crippen LogP contribution in [-0.4, -0.2) is 23.0 Å². The monoisotopic (exact) mass is 277 g/mol. The molecular formula is C13H15N3O4. The Morgan fingerprint density at radius 2 is 2.05 bits per heavy atom. The first kappa shape index (κ1) is 15.2. The zero-order chi connectivity index (χ0) is 15.0. The summed E-state index contributed by atoms with van der Waals surface area (Å²) in [5.74, 6) is -0.618. The van der Waals surface area contributed by atoms with E-state index in [4.69, 9.17) is 5.11 Å². The van der Waals surface area contributed by atoms with Gasteiger partial charge in [0.2, 0.25) is 0 Å². The van der Waals surface area contributed by atoms with Crippen molar-refractivity contribution in [2.24, 2.45) is 0 Å². The van der Waals surface area contributed by atoms with Crippen molar-refractivity contribution in [1.29, 1.82) is 0 Å². The number of aliphatic carboxylic acids is 1. The normalized spacial score (nSPS) is 11.3. The Morgan fingerprint density at radius 3 is 2.55 bits per heavy atom. The van der Waals surface area contributed by atoms with Gasteiger partial charge in [-0.3, -0.25) is 14.9 Å². The van der Waals surface area contributed by atoms with Gasteiger partial charge in [0.05, 0.1) is 11.3 Å². The van der Waals surface area contributed by atoms with Crippen LogP contribution < -0.4 is 10.6 Å². The van der Waals surface area contributed by atoms with Crippen molar-refractivity contribution in [3.63, 3.8) is 0 Å². The van der Waals surface area contributed by atoms with Crippen molar-refractivity contribution in [2.75, 3.05) is 12.4 Å². The van der Waals surface area contributed by atoms with Crippen LogP contribution in [0, 0.1) is 10.1 Å². The van der Waals surface area contributed by atoms with Crippen LogP contribution in [0.1, 0.15) is 12.0 Å². The molecule has 0 aromatic heterocycles. The van der Waals surface area contributed by atoms with E-state index in [0.29, 0.717) is 5.69 Å². The van der Waals surface area contributed by atoms with Crippen molar-refractivity contribution in [2.45, 2.75) is 6.42 Å². The van der Waals surface area contributed by atoms with Crippen LogP contribution in [0.3, 0.4) is 0 Å². The molecule has 1 rings (SSSR count). The van der Waals surface area contributed by atoms with Crippen LogP contribution in [0.4, 0.5) is 5.69 Å². The first-order valence-corrected chi connectivity index (χ1v) is 5.79. The molecule has 0 saturated heterocycles. The SMILES string of the molecule is CNC(=C[N+](=O)[O-])Nc1ccc(/C=C/CC(=O)O)cc1. The highest BCUT2D eigenvalue weighted by atomic mass is 16.6. The van der Waals surface area contributed by atoms with Crippen molar-refractivity contribution in [3.05, 3.63) is 58.0 Å². The summed E-state index contributed by atoms with van der Waals surface area (Å²) < 4.78 is 0. The number of nitrogens with zero attached hydrogens (tertiary/aromatic N) is 1. The van der Waals surface area contributed by atoms with Gasteiger partial charge in [-0.25, -0.2) is 0 Å². The predicted molar refractivity (Wildman–Crippen MR) is 75.5 cm³/mol. The molecule has 0 amide bonds. The second kappa shape index (κ2) is 7.57. The van der Waals surface area contributed by atoms with E-state index in [1.165, 1.54) is 0 Å². The molecule has 0 aliphatic heterocycles. The summed E-state index contributed by atoms with van der Waals surface area (Å²) in [7, 11) is 1.57. The molecule has 0 spiro atoms. The van der Waals surface area contributed by atoms with Gasteiger partial charge in [0.15, 0.2) is 5.82 Å². The second-order valence-corrected chi connectivity index (χ2v) is 3.83. The summed E-state index contributed by atoms with van der Waals surface area (Å²) >= 11 is 0. The average molecular weight is 277 g/mol. The van der Waals surface area contributed by atoms with Crippen molar-refractivity contribution in [1.82, 2.24) is 5.32 Å².